The Labute approximate surface area is 230 Å². The molecular weight excluding hydrogens is 540 g/mol. The molecule has 12 heteroatoms. The molecule has 0 aliphatic carbocycles. The lowest BCUT2D eigenvalue weighted by Gasteiger charge is -2.32. The van der Waals surface area contributed by atoms with Gasteiger partial charge in [0.1, 0.15) is 40.6 Å². The molecule has 9 N–H and O–H groups in total. The summed E-state index contributed by atoms with van der Waals surface area (Å²) >= 11 is 0. The molecule has 2 aliphatic heterocycles. The second kappa shape index (κ2) is 9.25. The number of hydrogen-bond donors (Lipinski definition) is 9. The van der Waals surface area contributed by atoms with E-state index in [1.54, 1.807) is 0 Å². The third-order valence-electron chi connectivity index (χ3n) is 7.43. The number of aliphatic hydroxyl groups is 2. The fraction of sp³-hybridized carbons (Fsp3) is 0.207. The van der Waals surface area contributed by atoms with Crippen molar-refractivity contribution in [1.82, 2.24) is 0 Å². The molecule has 0 amide bonds. The molecule has 2 aliphatic rings. The van der Waals surface area contributed by atoms with Gasteiger partial charge in [-0.15, -0.1) is 0 Å². The fourth-order valence-electron chi connectivity index (χ4n) is 5.52. The van der Waals surface area contributed by atoms with Crippen LogP contribution < -0.4 is 14.9 Å². The van der Waals surface area contributed by atoms with Gasteiger partial charge < -0.3 is 55.4 Å². The predicted molar refractivity (Wildman–Crippen MR) is 141 cm³/mol. The first-order chi connectivity index (χ1) is 19.4. The molecule has 0 bridgehead atoms. The molecule has 0 spiro atoms. The smallest absolute Gasteiger partial charge is 0.231 e. The largest absolute Gasteiger partial charge is 0.508 e. The van der Waals surface area contributed by atoms with E-state index in [1.807, 2.05) is 0 Å². The second-order valence-electron chi connectivity index (χ2n) is 10.1. The van der Waals surface area contributed by atoms with Crippen LogP contribution in [0.15, 0.2) is 47.3 Å². The number of phenols is 6. The van der Waals surface area contributed by atoms with Crippen molar-refractivity contribution in [1.29, 1.82) is 0 Å². The minimum Gasteiger partial charge on any atom is -0.508 e. The molecule has 0 aromatic heterocycles. The van der Waals surface area contributed by atoms with Gasteiger partial charge in [0.15, 0.2) is 23.4 Å². The maximum absolute atomic E-state index is 13.2. The van der Waals surface area contributed by atoms with Crippen LogP contribution in [0.4, 0.5) is 0 Å². The summed E-state index contributed by atoms with van der Waals surface area (Å²) in [5.74, 6) is -3.57. The molecule has 0 saturated carbocycles. The van der Waals surface area contributed by atoms with Crippen molar-refractivity contribution in [3.63, 3.8) is 0 Å². The Hall–Kier alpha value is -5.07. The van der Waals surface area contributed by atoms with Gasteiger partial charge in [-0.1, -0.05) is 0 Å². The summed E-state index contributed by atoms with van der Waals surface area (Å²) in [6, 6.07) is 8.05. The van der Waals surface area contributed by atoms with E-state index in [0.29, 0.717) is 0 Å². The van der Waals surface area contributed by atoms with E-state index >= 15 is 0 Å². The number of benzene rings is 3. The van der Waals surface area contributed by atoms with Gasteiger partial charge >= 0.3 is 0 Å². The van der Waals surface area contributed by atoms with E-state index in [-0.39, 0.29) is 75.0 Å². The zero-order chi connectivity index (χ0) is 29.3. The Bertz CT molecular complexity index is 1800. The van der Waals surface area contributed by atoms with Gasteiger partial charge in [-0.3, -0.25) is 4.79 Å². The standard InChI is InChI=1S/C29H24O12/c30-11-3-17(32)15-8-21(36)28(40-23(15)5-11)10-1-13-14(7-20(35)27(39)25(13)26(38)19(34)2-10)29-22(37)9-16-18(33)4-12(31)6-24(16)41-29/h1-7,21-22,28-33,35-37,39H,8-9H2,(H,34,38)/t21-,22+,28+,29+/m0/s1. The highest BCUT2D eigenvalue weighted by molar-refractivity contribution is 5.94. The van der Waals surface area contributed by atoms with Crippen LogP contribution >= 0.6 is 0 Å². The van der Waals surface area contributed by atoms with Crippen molar-refractivity contribution >= 4 is 10.8 Å². The van der Waals surface area contributed by atoms with E-state index in [0.717, 1.165) is 24.3 Å². The highest BCUT2D eigenvalue weighted by atomic mass is 16.5. The van der Waals surface area contributed by atoms with Crippen molar-refractivity contribution < 1.29 is 55.4 Å². The summed E-state index contributed by atoms with van der Waals surface area (Å²) in [5, 5.41) is 93.5. The van der Waals surface area contributed by atoms with E-state index in [4.69, 9.17) is 9.47 Å². The number of aromatic hydroxyl groups is 7. The normalized spacial score (nSPS) is 21.4. The van der Waals surface area contributed by atoms with Gasteiger partial charge in [0.2, 0.25) is 5.43 Å². The van der Waals surface area contributed by atoms with Crippen LogP contribution in [0.2, 0.25) is 0 Å². The van der Waals surface area contributed by atoms with Gasteiger partial charge in [0.25, 0.3) is 0 Å². The van der Waals surface area contributed by atoms with Crippen molar-refractivity contribution in [3.8, 4) is 51.7 Å². The molecule has 6 rings (SSSR count). The van der Waals surface area contributed by atoms with Crippen LogP contribution in [-0.2, 0) is 12.8 Å². The number of aliphatic hydroxyl groups excluding tert-OH is 2. The summed E-state index contributed by atoms with van der Waals surface area (Å²) in [6.07, 6.45) is -5.40. The number of hydrogen-bond acceptors (Lipinski definition) is 12. The minimum absolute atomic E-state index is 0.00576. The first-order valence-corrected chi connectivity index (χ1v) is 12.5. The highest BCUT2D eigenvalue weighted by Gasteiger charge is 2.36. The maximum atomic E-state index is 13.2. The minimum atomic E-state index is -1.34. The number of ether oxygens (including phenoxy) is 2. The fourth-order valence-corrected chi connectivity index (χ4v) is 5.52. The summed E-state index contributed by atoms with van der Waals surface area (Å²) < 4.78 is 11.8. The van der Waals surface area contributed by atoms with Crippen LogP contribution in [-0.4, -0.2) is 58.2 Å². The van der Waals surface area contributed by atoms with E-state index in [2.05, 4.69) is 0 Å². The second-order valence-corrected chi connectivity index (χ2v) is 10.1. The molecule has 4 aromatic rings. The molecule has 41 heavy (non-hydrogen) atoms. The van der Waals surface area contributed by atoms with Crippen molar-refractivity contribution in [2.45, 2.75) is 37.3 Å². The Kier molecular flexibility index (Phi) is 5.90. The Balaban J connectivity index is 1.56. The Morgan fingerprint density at radius 3 is 1.73 bits per heavy atom. The Morgan fingerprint density at radius 1 is 0.610 bits per heavy atom. The average Bonchev–Trinajstić information content (AvgIpc) is 3.03. The molecule has 212 valence electrons. The summed E-state index contributed by atoms with van der Waals surface area (Å²) in [5.41, 5.74) is -0.578. The quantitative estimate of drug-likeness (QED) is 0.160. The van der Waals surface area contributed by atoms with Crippen LogP contribution in [0, 0.1) is 0 Å². The molecule has 0 fully saturated rings. The van der Waals surface area contributed by atoms with Gasteiger partial charge in [0.05, 0.1) is 17.6 Å². The molecule has 0 unspecified atom stereocenters. The third-order valence-corrected chi connectivity index (χ3v) is 7.43. The third kappa shape index (κ3) is 4.20. The monoisotopic (exact) mass is 564 g/mol. The van der Waals surface area contributed by atoms with Gasteiger partial charge in [-0.2, -0.15) is 0 Å². The lowest BCUT2D eigenvalue weighted by molar-refractivity contribution is 0.0193. The Morgan fingerprint density at radius 2 is 1.15 bits per heavy atom. The van der Waals surface area contributed by atoms with Crippen LogP contribution in [0.3, 0.4) is 0 Å². The predicted octanol–water partition coefficient (Wildman–Crippen LogP) is 2.21. The van der Waals surface area contributed by atoms with Gasteiger partial charge in [-0.05, 0) is 29.1 Å². The zero-order valence-corrected chi connectivity index (χ0v) is 21.0. The lowest BCUT2D eigenvalue weighted by Crippen LogP contribution is -2.31. The molecule has 4 atom stereocenters. The molecular formula is C29H24O12. The SMILES string of the molecule is O=c1c(O)cc([C@H]2Oc3cc(O)cc(O)c3C[C@@H]2O)cc2c([C@H]3Oc4cc(O)cc(O)c4C[C@H]3O)cc(O)c(O)c12. The summed E-state index contributed by atoms with van der Waals surface area (Å²) in [7, 11) is 0. The summed E-state index contributed by atoms with van der Waals surface area (Å²) in [4.78, 5) is 13.2. The highest BCUT2D eigenvalue weighted by Crippen LogP contribution is 2.47. The molecule has 4 aromatic carbocycles. The van der Waals surface area contributed by atoms with Crippen molar-refractivity contribution in [2.24, 2.45) is 0 Å². The van der Waals surface area contributed by atoms with E-state index in [9.17, 15) is 50.8 Å². The molecule has 12 nitrogen and oxygen atoms in total. The number of phenolic OH excluding ortho intramolecular Hbond substituents is 6. The zero-order valence-electron chi connectivity index (χ0n) is 21.0. The maximum Gasteiger partial charge on any atom is 0.231 e. The van der Waals surface area contributed by atoms with E-state index < -0.39 is 52.5 Å². The van der Waals surface area contributed by atoms with Crippen molar-refractivity contribution in [2.75, 3.05) is 0 Å². The van der Waals surface area contributed by atoms with Crippen LogP contribution in [0.5, 0.6) is 51.7 Å². The molecule has 0 radical (unpaired) electrons. The number of rotatable bonds is 2. The first kappa shape index (κ1) is 26.2. The topological polar surface area (TPSA) is 218 Å². The van der Waals surface area contributed by atoms with Gasteiger partial charge in [-0.25, -0.2) is 0 Å². The first-order valence-electron chi connectivity index (χ1n) is 12.5. The van der Waals surface area contributed by atoms with Crippen molar-refractivity contribution in [3.05, 3.63) is 74.9 Å². The van der Waals surface area contributed by atoms with Crippen LogP contribution in [0.25, 0.3) is 10.8 Å². The van der Waals surface area contributed by atoms with Gasteiger partial charge in [0, 0.05) is 53.8 Å². The lowest BCUT2D eigenvalue weighted by atomic mass is 9.90. The van der Waals surface area contributed by atoms with E-state index in [1.165, 1.54) is 18.2 Å². The average molecular weight is 564 g/mol. The van der Waals surface area contributed by atoms with Crippen LogP contribution in [0.1, 0.15) is 34.5 Å². The molecule has 0 saturated heterocycles. The molecule has 2 heterocycles. The summed E-state index contributed by atoms with van der Waals surface area (Å²) in [6.45, 7) is 0. The number of fused-ring (bicyclic) bond motifs is 3.